The van der Waals surface area contributed by atoms with Crippen molar-refractivity contribution in [2.75, 3.05) is 0 Å². The number of allylic oxidation sites excluding steroid dienone is 1. The van der Waals surface area contributed by atoms with Crippen LogP contribution in [0.3, 0.4) is 0 Å². The van der Waals surface area contributed by atoms with Gasteiger partial charge in [-0.25, -0.2) is 0 Å². The lowest BCUT2D eigenvalue weighted by atomic mass is 9.40. The van der Waals surface area contributed by atoms with Crippen molar-refractivity contribution < 1.29 is 44.7 Å². The maximum atomic E-state index is 14.7. The number of aliphatic hydroxyl groups is 4. The van der Waals surface area contributed by atoms with E-state index in [0.717, 1.165) is 18.6 Å². The Morgan fingerprint density at radius 1 is 0.935 bits per heavy atom. The third kappa shape index (κ3) is 3.47. The predicted octanol–water partition coefficient (Wildman–Crippen LogP) is 5.35. The summed E-state index contributed by atoms with van der Waals surface area (Å²) < 4.78 is 0. The molecule has 0 bridgehead atoms. The lowest BCUT2D eigenvalue weighted by Crippen LogP contribution is -2.75. The normalized spacial score (nSPS) is 30.8. The SMILES string of the molecule is CC(=O)C1=C(O)[C@]2(O)C(=O)C3=C(O)c4c(O)ccc(-c5ccc(C=O)c6ccccc56)c4[C@@H](C)[C@]3(C)[C@@H](O)[C@]2(C)C(C(C)C)C1=O. The van der Waals surface area contributed by atoms with Gasteiger partial charge in [0.2, 0.25) is 5.78 Å². The Labute approximate surface area is 265 Å². The standard InChI is InChI=1S/C37H36O9/c1-16(2)28-30(41)26(18(4)39)32(43)37(46)33(44)29-31(42)27-24(40)14-13-23(25(27)17(3)35(29,5)34(45)36(28,37)6)22-12-11-19(15-38)20-9-7-8-10-21(20)22/h7-17,28,34,40,42-43,45-46H,1-6H3/t17-,28?,34-,35+,36+,37+/m1/s1. The second kappa shape index (κ2) is 9.95. The first-order valence-electron chi connectivity index (χ1n) is 15.2. The van der Waals surface area contributed by atoms with E-state index in [1.165, 1.54) is 13.0 Å². The van der Waals surface area contributed by atoms with Gasteiger partial charge in [0, 0.05) is 22.3 Å². The molecule has 5 N–H and O–H groups in total. The summed E-state index contributed by atoms with van der Waals surface area (Å²) in [5.74, 6) is -7.72. The molecule has 0 spiro atoms. The average Bonchev–Trinajstić information content (AvgIpc) is 3.00. The first-order valence-corrected chi connectivity index (χ1v) is 15.2. The number of aldehydes is 1. The van der Waals surface area contributed by atoms with Gasteiger partial charge in [0.25, 0.3) is 0 Å². The minimum absolute atomic E-state index is 0.0867. The molecule has 0 heterocycles. The van der Waals surface area contributed by atoms with E-state index >= 15 is 0 Å². The zero-order valence-electron chi connectivity index (χ0n) is 26.4. The number of carbonyl (C=O) groups excluding carboxylic acids is 4. The fourth-order valence-electron chi connectivity index (χ4n) is 8.89. The third-order valence-electron chi connectivity index (χ3n) is 11.2. The van der Waals surface area contributed by atoms with Crippen molar-refractivity contribution in [3.8, 4) is 16.9 Å². The molecule has 46 heavy (non-hydrogen) atoms. The van der Waals surface area contributed by atoms with E-state index in [-0.39, 0.29) is 11.3 Å². The second-order valence-electron chi connectivity index (χ2n) is 13.6. The summed E-state index contributed by atoms with van der Waals surface area (Å²) in [5.41, 5.74) is -5.80. The number of carbonyl (C=O) groups is 4. The molecule has 1 saturated carbocycles. The Balaban J connectivity index is 1.73. The van der Waals surface area contributed by atoms with E-state index in [1.807, 2.05) is 18.2 Å². The molecule has 1 unspecified atom stereocenters. The smallest absolute Gasteiger partial charge is 0.203 e. The van der Waals surface area contributed by atoms with Crippen molar-refractivity contribution in [2.45, 2.75) is 59.2 Å². The molecule has 0 radical (unpaired) electrons. The predicted molar refractivity (Wildman–Crippen MR) is 170 cm³/mol. The van der Waals surface area contributed by atoms with Crippen LogP contribution in [0.1, 0.15) is 68.9 Å². The fraction of sp³-hybridized carbons (Fsp3) is 0.351. The molecule has 0 saturated heterocycles. The quantitative estimate of drug-likeness (QED) is 0.190. The van der Waals surface area contributed by atoms with Gasteiger partial charge >= 0.3 is 0 Å². The number of phenols is 1. The van der Waals surface area contributed by atoms with Gasteiger partial charge in [0.1, 0.15) is 22.8 Å². The van der Waals surface area contributed by atoms with Gasteiger partial charge in [-0.05, 0) is 52.3 Å². The van der Waals surface area contributed by atoms with Gasteiger partial charge in [0.15, 0.2) is 23.5 Å². The van der Waals surface area contributed by atoms with E-state index < -0.39 is 80.3 Å². The second-order valence-corrected chi connectivity index (χ2v) is 13.6. The molecule has 9 heteroatoms. The number of aliphatic hydroxyl groups excluding tert-OH is 3. The molecule has 0 aliphatic heterocycles. The van der Waals surface area contributed by atoms with Crippen LogP contribution >= 0.6 is 0 Å². The summed E-state index contributed by atoms with van der Waals surface area (Å²) in [4.78, 5) is 53.0. The zero-order valence-corrected chi connectivity index (χ0v) is 26.4. The van der Waals surface area contributed by atoms with Crippen molar-refractivity contribution in [2.24, 2.45) is 22.7 Å². The fourth-order valence-corrected chi connectivity index (χ4v) is 8.89. The number of phenolic OH excluding ortho intramolecular Hbond substituents is 1. The number of aromatic hydroxyl groups is 1. The minimum Gasteiger partial charge on any atom is -0.508 e. The molecular formula is C37H36O9. The van der Waals surface area contributed by atoms with Crippen LogP contribution in [0.15, 0.2) is 65.4 Å². The van der Waals surface area contributed by atoms with Crippen LogP contribution in [-0.2, 0) is 14.4 Å². The summed E-state index contributed by atoms with van der Waals surface area (Å²) in [6, 6.07) is 13.7. The summed E-state index contributed by atoms with van der Waals surface area (Å²) in [6.07, 6.45) is -0.980. The van der Waals surface area contributed by atoms with Crippen LogP contribution in [0.2, 0.25) is 0 Å². The van der Waals surface area contributed by atoms with Crippen LogP contribution in [0, 0.1) is 22.7 Å². The number of fused-ring (bicyclic) bond motifs is 4. The first-order chi connectivity index (χ1) is 21.5. The van der Waals surface area contributed by atoms with E-state index in [9.17, 15) is 44.7 Å². The topological polar surface area (TPSA) is 169 Å². The molecule has 6 rings (SSSR count). The monoisotopic (exact) mass is 624 g/mol. The van der Waals surface area contributed by atoms with Crippen LogP contribution in [-0.4, -0.2) is 60.9 Å². The van der Waals surface area contributed by atoms with Gasteiger partial charge in [-0.1, -0.05) is 77.1 Å². The number of rotatable bonds is 4. The maximum Gasteiger partial charge on any atom is 0.203 e. The average molecular weight is 625 g/mol. The van der Waals surface area contributed by atoms with E-state index in [4.69, 9.17) is 0 Å². The molecular weight excluding hydrogens is 588 g/mol. The minimum atomic E-state index is -2.95. The Hall–Kier alpha value is -4.60. The molecule has 3 aromatic carbocycles. The van der Waals surface area contributed by atoms with E-state index in [1.54, 1.807) is 52.0 Å². The molecule has 3 aliphatic carbocycles. The van der Waals surface area contributed by atoms with Gasteiger partial charge in [-0.3, -0.25) is 19.2 Å². The number of hydrogen-bond acceptors (Lipinski definition) is 9. The van der Waals surface area contributed by atoms with Crippen LogP contribution in [0.25, 0.3) is 27.7 Å². The largest absolute Gasteiger partial charge is 0.508 e. The molecule has 6 atom stereocenters. The highest BCUT2D eigenvalue weighted by Crippen LogP contribution is 2.68. The summed E-state index contributed by atoms with van der Waals surface area (Å²) in [7, 11) is 0. The number of Topliss-reactive ketones (excluding diaryl/α,β-unsaturated/α-hetero) is 3. The highest BCUT2D eigenvalue weighted by Gasteiger charge is 2.77. The lowest BCUT2D eigenvalue weighted by Gasteiger charge is -2.63. The highest BCUT2D eigenvalue weighted by molar-refractivity contribution is 6.24. The molecule has 1 fully saturated rings. The Kier molecular flexibility index (Phi) is 6.79. The van der Waals surface area contributed by atoms with E-state index in [2.05, 4.69) is 0 Å². The third-order valence-corrected chi connectivity index (χ3v) is 11.2. The van der Waals surface area contributed by atoms with Gasteiger partial charge in [-0.2, -0.15) is 0 Å². The Bertz CT molecular complexity index is 1980. The van der Waals surface area contributed by atoms with Crippen LogP contribution in [0.5, 0.6) is 5.75 Å². The lowest BCUT2D eigenvalue weighted by molar-refractivity contribution is -0.215. The molecule has 3 aliphatic rings. The van der Waals surface area contributed by atoms with Crippen molar-refractivity contribution in [3.63, 3.8) is 0 Å². The number of hydrogen-bond donors (Lipinski definition) is 5. The van der Waals surface area contributed by atoms with Gasteiger partial charge in [-0.15, -0.1) is 0 Å². The summed E-state index contributed by atoms with van der Waals surface area (Å²) >= 11 is 0. The van der Waals surface area contributed by atoms with Gasteiger partial charge in [0.05, 0.1) is 17.2 Å². The maximum absolute atomic E-state index is 14.7. The van der Waals surface area contributed by atoms with Gasteiger partial charge < -0.3 is 25.5 Å². The van der Waals surface area contributed by atoms with Crippen molar-refractivity contribution in [1.82, 2.24) is 0 Å². The number of ketones is 3. The Morgan fingerprint density at radius 2 is 1.54 bits per heavy atom. The highest BCUT2D eigenvalue weighted by atomic mass is 16.4. The molecule has 0 amide bonds. The summed E-state index contributed by atoms with van der Waals surface area (Å²) in [6.45, 7) is 9.03. The van der Waals surface area contributed by atoms with Crippen molar-refractivity contribution in [1.29, 1.82) is 0 Å². The van der Waals surface area contributed by atoms with Crippen LogP contribution in [0.4, 0.5) is 0 Å². The molecule has 3 aromatic rings. The molecule has 238 valence electrons. The first kappa shape index (κ1) is 31.4. The van der Waals surface area contributed by atoms with Crippen LogP contribution < -0.4 is 0 Å². The van der Waals surface area contributed by atoms with Crippen molar-refractivity contribution >= 4 is 40.2 Å². The Morgan fingerprint density at radius 3 is 2.13 bits per heavy atom. The van der Waals surface area contributed by atoms with Crippen molar-refractivity contribution in [3.05, 3.63) is 82.1 Å². The molecule has 0 aromatic heterocycles. The zero-order chi connectivity index (χ0) is 33.8. The molecule has 9 nitrogen and oxygen atoms in total. The van der Waals surface area contributed by atoms with E-state index in [0.29, 0.717) is 27.6 Å². The summed E-state index contributed by atoms with van der Waals surface area (Å²) in [5, 5.41) is 60.8. The number of benzene rings is 3.